The van der Waals surface area contributed by atoms with Crippen LogP contribution >= 0.6 is 23.2 Å². The summed E-state index contributed by atoms with van der Waals surface area (Å²) < 4.78 is 10.7. The van der Waals surface area contributed by atoms with Crippen molar-refractivity contribution in [3.8, 4) is 0 Å². The number of fused-ring (bicyclic) bond motifs is 2. The Labute approximate surface area is 217 Å². The predicted molar refractivity (Wildman–Crippen MR) is 140 cm³/mol. The summed E-state index contributed by atoms with van der Waals surface area (Å²) in [6, 6.07) is 16.4. The summed E-state index contributed by atoms with van der Waals surface area (Å²) >= 11 is 12.3. The second-order valence-electron chi connectivity index (χ2n) is 8.46. The second-order valence-corrected chi connectivity index (χ2v) is 9.27. The second kappa shape index (κ2) is 10.6. The molecular formula is C28H22Cl2N2O4. The molecule has 1 amide bonds. The zero-order chi connectivity index (χ0) is 25.1. The van der Waals surface area contributed by atoms with Gasteiger partial charge in [-0.3, -0.25) is 4.79 Å². The fourth-order valence-corrected chi connectivity index (χ4v) is 4.67. The maximum Gasteiger partial charge on any atom is 0.339 e. The fourth-order valence-electron chi connectivity index (χ4n) is 4.36. The number of carbonyl (C=O) groups excluding carboxylic acids is 2. The van der Waals surface area contributed by atoms with E-state index in [2.05, 4.69) is 5.32 Å². The van der Waals surface area contributed by atoms with E-state index in [9.17, 15) is 9.59 Å². The van der Waals surface area contributed by atoms with Gasteiger partial charge in [0.25, 0.3) is 5.91 Å². The van der Waals surface area contributed by atoms with Gasteiger partial charge in [0, 0.05) is 5.39 Å². The van der Waals surface area contributed by atoms with Crippen molar-refractivity contribution in [2.75, 3.05) is 6.61 Å². The summed E-state index contributed by atoms with van der Waals surface area (Å²) in [6.45, 7) is -0.170. The Balaban J connectivity index is 1.45. The van der Waals surface area contributed by atoms with Crippen LogP contribution in [0.25, 0.3) is 22.6 Å². The molecule has 8 heteroatoms. The summed E-state index contributed by atoms with van der Waals surface area (Å²) in [6.07, 6.45) is 5.90. The van der Waals surface area contributed by atoms with Gasteiger partial charge in [-0.15, -0.1) is 0 Å². The molecule has 2 aromatic carbocycles. The Morgan fingerprint density at radius 3 is 2.72 bits per heavy atom. The number of aromatic nitrogens is 1. The van der Waals surface area contributed by atoms with Crippen molar-refractivity contribution < 1.29 is 18.7 Å². The lowest BCUT2D eigenvalue weighted by Crippen LogP contribution is -2.28. The molecular weight excluding hydrogens is 499 g/mol. The van der Waals surface area contributed by atoms with Gasteiger partial charge in [-0.2, -0.15) is 0 Å². The first-order valence-corrected chi connectivity index (χ1v) is 12.3. The molecule has 1 aliphatic rings. The van der Waals surface area contributed by atoms with E-state index in [0.717, 1.165) is 35.2 Å². The van der Waals surface area contributed by atoms with E-state index >= 15 is 0 Å². The number of para-hydroxylation sites is 1. The van der Waals surface area contributed by atoms with Gasteiger partial charge in [-0.25, -0.2) is 9.78 Å². The average molecular weight is 521 g/mol. The first-order chi connectivity index (χ1) is 17.5. The minimum Gasteiger partial charge on any atom is -0.467 e. The Morgan fingerprint density at radius 2 is 1.92 bits per heavy atom. The van der Waals surface area contributed by atoms with E-state index < -0.39 is 18.5 Å². The van der Waals surface area contributed by atoms with Gasteiger partial charge in [-0.05, 0) is 72.4 Å². The third-order valence-corrected chi connectivity index (χ3v) is 6.77. The van der Waals surface area contributed by atoms with Gasteiger partial charge in [0.05, 0.1) is 39.6 Å². The monoisotopic (exact) mass is 520 g/mol. The molecule has 36 heavy (non-hydrogen) atoms. The highest BCUT2D eigenvalue weighted by Crippen LogP contribution is 2.37. The maximum atomic E-state index is 13.3. The van der Waals surface area contributed by atoms with Crippen LogP contribution in [0, 0.1) is 0 Å². The highest BCUT2D eigenvalue weighted by Gasteiger charge is 2.26. The van der Waals surface area contributed by atoms with Crippen LogP contribution in [0.3, 0.4) is 0 Å². The van der Waals surface area contributed by atoms with Crippen LogP contribution in [0.1, 0.15) is 45.8 Å². The van der Waals surface area contributed by atoms with E-state index in [1.54, 1.807) is 18.2 Å². The number of esters is 1. The van der Waals surface area contributed by atoms with Crippen LogP contribution in [0.5, 0.6) is 0 Å². The first-order valence-electron chi connectivity index (χ1n) is 11.5. The van der Waals surface area contributed by atoms with E-state index in [-0.39, 0.29) is 6.54 Å². The molecule has 0 spiro atoms. The van der Waals surface area contributed by atoms with Gasteiger partial charge in [0.1, 0.15) is 5.76 Å². The Morgan fingerprint density at radius 1 is 1.06 bits per heavy atom. The predicted octanol–water partition coefficient (Wildman–Crippen LogP) is 6.48. The third kappa shape index (κ3) is 5.15. The summed E-state index contributed by atoms with van der Waals surface area (Å²) in [5.41, 5.74) is 4.64. The van der Waals surface area contributed by atoms with E-state index in [4.69, 9.17) is 37.3 Å². The zero-order valence-corrected chi connectivity index (χ0v) is 20.7. The molecule has 6 nitrogen and oxygen atoms in total. The van der Waals surface area contributed by atoms with Crippen LogP contribution in [0.2, 0.25) is 10.0 Å². The molecule has 0 saturated heterocycles. The molecule has 0 radical (unpaired) electrons. The van der Waals surface area contributed by atoms with E-state index in [1.165, 1.54) is 6.26 Å². The first kappa shape index (κ1) is 24.1. The molecule has 0 atom stereocenters. The van der Waals surface area contributed by atoms with Crippen molar-refractivity contribution in [1.29, 1.82) is 0 Å². The normalized spacial score (nSPS) is 14.0. The van der Waals surface area contributed by atoms with Crippen molar-refractivity contribution in [1.82, 2.24) is 10.3 Å². The largest absolute Gasteiger partial charge is 0.467 e. The Bertz CT molecular complexity index is 1480. The van der Waals surface area contributed by atoms with Crippen LogP contribution in [-0.2, 0) is 22.5 Å². The molecule has 0 fully saturated rings. The number of amides is 1. The molecule has 4 aromatic rings. The molecule has 5 rings (SSSR count). The lowest BCUT2D eigenvalue weighted by molar-refractivity contribution is -0.124. The van der Waals surface area contributed by atoms with Crippen molar-refractivity contribution in [3.63, 3.8) is 0 Å². The SMILES string of the molecule is O=C(COC(=O)c1c2c(nc3ccccc13)/C(=C/c1ccc(Cl)c(Cl)c1)CCC2)NCc1ccco1. The number of halogens is 2. The molecule has 2 heterocycles. The number of hydrogen-bond acceptors (Lipinski definition) is 5. The Kier molecular flexibility index (Phi) is 7.07. The minimum absolute atomic E-state index is 0.222. The lowest BCUT2D eigenvalue weighted by atomic mass is 9.86. The quantitative estimate of drug-likeness (QED) is 0.294. The number of nitrogens with one attached hydrogen (secondary N) is 1. The minimum atomic E-state index is -0.547. The Hall–Kier alpha value is -3.61. The highest BCUT2D eigenvalue weighted by atomic mass is 35.5. The van der Waals surface area contributed by atoms with Gasteiger partial charge in [0.2, 0.25) is 0 Å². The molecule has 1 N–H and O–H groups in total. The molecule has 0 unspecified atom stereocenters. The molecule has 182 valence electrons. The number of furan rings is 1. The third-order valence-electron chi connectivity index (χ3n) is 6.03. The number of benzene rings is 2. The van der Waals surface area contributed by atoms with Gasteiger partial charge >= 0.3 is 5.97 Å². The van der Waals surface area contributed by atoms with Crippen molar-refractivity contribution >= 4 is 57.6 Å². The highest BCUT2D eigenvalue weighted by molar-refractivity contribution is 6.42. The summed E-state index contributed by atoms with van der Waals surface area (Å²) in [7, 11) is 0. The topological polar surface area (TPSA) is 81.4 Å². The van der Waals surface area contributed by atoms with Gasteiger partial charge < -0.3 is 14.5 Å². The van der Waals surface area contributed by atoms with E-state index in [1.807, 2.05) is 42.5 Å². The summed E-state index contributed by atoms with van der Waals surface area (Å²) in [4.78, 5) is 30.5. The summed E-state index contributed by atoms with van der Waals surface area (Å²) in [5.74, 6) is -0.342. The summed E-state index contributed by atoms with van der Waals surface area (Å²) in [5, 5.41) is 4.35. The number of nitrogens with zero attached hydrogens (tertiary/aromatic N) is 1. The molecule has 0 saturated carbocycles. The lowest BCUT2D eigenvalue weighted by Gasteiger charge is -2.22. The van der Waals surface area contributed by atoms with Crippen molar-refractivity contribution in [3.05, 3.63) is 99.1 Å². The molecule has 0 bridgehead atoms. The van der Waals surface area contributed by atoms with Crippen LogP contribution in [0.15, 0.2) is 65.3 Å². The van der Waals surface area contributed by atoms with Gasteiger partial charge in [0.15, 0.2) is 6.61 Å². The number of ether oxygens (including phenoxy) is 1. The number of hydrogen-bond donors (Lipinski definition) is 1. The average Bonchev–Trinajstić information content (AvgIpc) is 3.41. The van der Waals surface area contributed by atoms with Crippen LogP contribution in [0.4, 0.5) is 0 Å². The molecule has 2 aromatic heterocycles. The number of carbonyl (C=O) groups is 2. The molecule has 0 aliphatic heterocycles. The maximum absolute atomic E-state index is 13.3. The zero-order valence-electron chi connectivity index (χ0n) is 19.2. The molecule has 1 aliphatic carbocycles. The fraction of sp³-hybridized carbons (Fsp3) is 0.179. The standard InChI is InChI=1S/C28H22Cl2N2O4/c29-22-11-10-17(14-23(22)30)13-18-5-3-8-21-26(20-7-1-2-9-24(20)32-27(18)21)28(34)36-16-25(33)31-15-19-6-4-12-35-19/h1-2,4,6-7,9-14H,3,5,8,15-16H2,(H,31,33)/b18-13+. The van der Waals surface area contributed by atoms with Gasteiger partial charge in [-0.1, -0.05) is 47.5 Å². The van der Waals surface area contributed by atoms with Crippen molar-refractivity contribution in [2.24, 2.45) is 0 Å². The number of pyridine rings is 1. The van der Waals surface area contributed by atoms with Crippen LogP contribution < -0.4 is 5.32 Å². The van der Waals surface area contributed by atoms with Crippen LogP contribution in [-0.4, -0.2) is 23.5 Å². The van der Waals surface area contributed by atoms with Crippen molar-refractivity contribution in [2.45, 2.75) is 25.8 Å². The van der Waals surface area contributed by atoms with E-state index in [0.29, 0.717) is 38.7 Å². The smallest absolute Gasteiger partial charge is 0.339 e. The number of allylic oxidation sites excluding steroid dienone is 1. The number of rotatable bonds is 6.